The maximum absolute atomic E-state index is 13.0. The first kappa shape index (κ1) is 24.1. The second-order valence-electron chi connectivity index (χ2n) is 8.28. The number of hydrogen-bond donors (Lipinski definition) is 1. The third kappa shape index (κ3) is 6.01. The summed E-state index contributed by atoms with van der Waals surface area (Å²) in [6.45, 7) is 6.61. The average molecular weight is 483 g/mol. The molecule has 0 aliphatic carbocycles. The topological polar surface area (TPSA) is 66.5 Å². The van der Waals surface area contributed by atoms with Crippen molar-refractivity contribution in [1.82, 2.24) is 9.62 Å². The fourth-order valence-corrected chi connectivity index (χ4v) is 6.25. The molecule has 0 aromatic heterocycles. The van der Waals surface area contributed by atoms with Gasteiger partial charge in [-0.1, -0.05) is 53.0 Å². The van der Waals surface area contributed by atoms with Crippen molar-refractivity contribution >= 4 is 39.1 Å². The fraction of sp³-hybridized carbons (Fsp3) is 0.435. The molecule has 8 heteroatoms. The normalized spacial score (nSPS) is 18.5. The molecule has 3 rings (SSSR count). The van der Waals surface area contributed by atoms with E-state index in [1.54, 1.807) is 12.1 Å². The zero-order chi connectivity index (χ0) is 22.8. The zero-order valence-electron chi connectivity index (χ0n) is 18.0. The summed E-state index contributed by atoms with van der Waals surface area (Å²) in [5.41, 5.74) is 3.87. The Kier molecular flexibility index (Phi) is 7.68. The van der Waals surface area contributed by atoms with E-state index in [1.807, 2.05) is 32.9 Å². The lowest BCUT2D eigenvalue weighted by Gasteiger charge is -2.32. The summed E-state index contributed by atoms with van der Waals surface area (Å²) < 4.78 is 27.4. The fourth-order valence-electron chi connectivity index (χ4n) is 4.06. The molecule has 2 aromatic carbocycles. The number of carbonyl (C=O) groups is 1. The van der Waals surface area contributed by atoms with E-state index >= 15 is 0 Å². The number of nitrogens with zero attached hydrogens (tertiary/aromatic N) is 1. The van der Waals surface area contributed by atoms with Crippen LogP contribution in [0.5, 0.6) is 0 Å². The Morgan fingerprint density at radius 1 is 1.19 bits per heavy atom. The number of halogens is 2. The van der Waals surface area contributed by atoms with Crippen molar-refractivity contribution in [2.24, 2.45) is 5.92 Å². The van der Waals surface area contributed by atoms with Crippen molar-refractivity contribution in [2.75, 3.05) is 13.1 Å². The molecule has 5 nitrogen and oxygen atoms in total. The van der Waals surface area contributed by atoms with Crippen molar-refractivity contribution in [3.63, 3.8) is 0 Å². The molecule has 1 aliphatic heterocycles. The van der Waals surface area contributed by atoms with Crippen LogP contribution in [0.15, 0.2) is 36.4 Å². The molecule has 1 fully saturated rings. The molecular formula is C23H28Cl2N2O3S. The number of sulfonamides is 1. The van der Waals surface area contributed by atoms with Gasteiger partial charge in [0.15, 0.2) is 0 Å². The lowest BCUT2D eigenvalue weighted by molar-refractivity contribution is -0.126. The first-order valence-corrected chi connectivity index (χ1v) is 12.7. The number of nitrogens with one attached hydrogen (secondary N) is 1. The summed E-state index contributed by atoms with van der Waals surface area (Å²) >= 11 is 12.1. The molecule has 1 heterocycles. The Balaban J connectivity index is 1.66. The van der Waals surface area contributed by atoms with Crippen LogP contribution in [0.2, 0.25) is 10.0 Å². The highest BCUT2D eigenvalue weighted by atomic mass is 35.5. The molecule has 1 saturated heterocycles. The van der Waals surface area contributed by atoms with Crippen molar-refractivity contribution in [2.45, 2.75) is 45.4 Å². The van der Waals surface area contributed by atoms with Crippen LogP contribution in [-0.4, -0.2) is 31.7 Å². The molecule has 0 saturated carbocycles. The zero-order valence-corrected chi connectivity index (χ0v) is 20.3. The van der Waals surface area contributed by atoms with E-state index in [1.165, 1.54) is 15.9 Å². The van der Waals surface area contributed by atoms with Crippen LogP contribution in [0, 0.1) is 19.8 Å². The minimum Gasteiger partial charge on any atom is -0.349 e. The molecule has 2 atom stereocenters. The van der Waals surface area contributed by atoms with Crippen LogP contribution < -0.4 is 5.32 Å². The Morgan fingerprint density at radius 3 is 2.61 bits per heavy atom. The van der Waals surface area contributed by atoms with E-state index in [0.29, 0.717) is 35.0 Å². The summed E-state index contributed by atoms with van der Waals surface area (Å²) in [5, 5.41) is 3.85. The molecule has 2 aromatic rings. The number of benzene rings is 2. The molecule has 0 unspecified atom stereocenters. The maximum Gasteiger partial charge on any atom is 0.224 e. The summed E-state index contributed by atoms with van der Waals surface area (Å²) in [4.78, 5) is 12.9. The van der Waals surface area contributed by atoms with Gasteiger partial charge in [-0.2, -0.15) is 0 Å². The van der Waals surface area contributed by atoms with Gasteiger partial charge in [-0.15, -0.1) is 0 Å². The number of carbonyl (C=O) groups excluding carboxylic acids is 1. The number of piperidine rings is 1. The third-order valence-corrected chi connectivity index (χ3v) is 8.13. The number of amides is 1. The first-order valence-electron chi connectivity index (χ1n) is 10.4. The van der Waals surface area contributed by atoms with Crippen LogP contribution in [0.25, 0.3) is 0 Å². The van der Waals surface area contributed by atoms with Crippen molar-refractivity contribution in [3.8, 4) is 0 Å². The number of hydrogen-bond acceptors (Lipinski definition) is 3. The molecular weight excluding hydrogens is 455 g/mol. The smallest absolute Gasteiger partial charge is 0.224 e. The molecule has 0 radical (unpaired) electrons. The van der Waals surface area contributed by atoms with Crippen LogP contribution in [0.1, 0.15) is 48.1 Å². The number of rotatable bonds is 6. The third-order valence-electron chi connectivity index (χ3n) is 5.75. The summed E-state index contributed by atoms with van der Waals surface area (Å²) in [6.07, 6.45) is 1.31. The quantitative estimate of drug-likeness (QED) is 0.627. The van der Waals surface area contributed by atoms with Gasteiger partial charge >= 0.3 is 0 Å². The lowest BCUT2D eigenvalue weighted by atomic mass is 9.96. The van der Waals surface area contributed by atoms with Gasteiger partial charge in [-0.25, -0.2) is 12.7 Å². The molecule has 168 valence electrons. The van der Waals surface area contributed by atoms with E-state index < -0.39 is 10.0 Å². The van der Waals surface area contributed by atoms with Crippen LogP contribution in [-0.2, 0) is 20.6 Å². The van der Waals surface area contributed by atoms with Crippen molar-refractivity contribution in [1.29, 1.82) is 0 Å². The predicted molar refractivity (Wildman–Crippen MR) is 126 cm³/mol. The lowest BCUT2D eigenvalue weighted by Crippen LogP contribution is -2.46. The van der Waals surface area contributed by atoms with Crippen LogP contribution in [0.3, 0.4) is 0 Å². The van der Waals surface area contributed by atoms with Gasteiger partial charge in [0.1, 0.15) is 0 Å². The van der Waals surface area contributed by atoms with Gasteiger partial charge < -0.3 is 5.32 Å². The monoisotopic (exact) mass is 482 g/mol. The second kappa shape index (κ2) is 9.90. The largest absolute Gasteiger partial charge is 0.349 e. The van der Waals surface area contributed by atoms with E-state index in [2.05, 4.69) is 11.4 Å². The summed E-state index contributed by atoms with van der Waals surface area (Å²) in [5.74, 6) is -0.703. The minimum absolute atomic E-state index is 0.114. The SMILES string of the molecule is Cc1ccc([C@@H](C)NC(=O)[C@@H]2CCCN(S(=O)(=O)Cc3ccc(Cl)cc3Cl)C2)c(C)c1. The van der Waals surface area contributed by atoms with Crippen molar-refractivity contribution in [3.05, 3.63) is 68.7 Å². The van der Waals surface area contributed by atoms with Crippen LogP contribution in [0.4, 0.5) is 0 Å². The highest BCUT2D eigenvalue weighted by Crippen LogP contribution is 2.27. The first-order chi connectivity index (χ1) is 14.6. The van der Waals surface area contributed by atoms with Gasteiger partial charge in [0, 0.05) is 23.1 Å². The second-order valence-corrected chi connectivity index (χ2v) is 11.1. The highest BCUT2D eigenvalue weighted by Gasteiger charge is 2.33. The van der Waals surface area contributed by atoms with Gasteiger partial charge in [0.2, 0.25) is 15.9 Å². The number of aryl methyl sites for hydroxylation is 2. The molecule has 1 amide bonds. The van der Waals surface area contributed by atoms with E-state index in [-0.39, 0.29) is 30.2 Å². The maximum atomic E-state index is 13.0. The molecule has 1 N–H and O–H groups in total. The Morgan fingerprint density at radius 2 is 1.94 bits per heavy atom. The Bertz CT molecular complexity index is 1070. The Hall–Kier alpha value is -1.60. The van der Waals surface area contributed by atoms with E-state index in [9.17, 15) is 13.2 Å². The van der Waals surface area contributed by atoms with Gasteiger partial charge in [0.05, 0.1) is 17.7 Å². The average Bonchev–Trinajstić information content (AvgIpc) is 2.70. The summed E-state index contributed by atoms with van der Waals surface area (Å²) in [7, 11) is -3.60. The van der Waals surface area contributed by atoms with Crippen molar-refractivity contribution < 1.29 is 13.2 Å². The predicted octanol–water partition coefficient (Wildman–Crippen LogP) is 5.03. The molecule has 1 aliphatic rings. The molecule has 0 bridgehead atoms. The van der Waals surface area contributed by atoms with Crippen LogP contribution >= 0.6 is 23.2 Å². The minimum atomic E-state index is -3.60. The van der Waals surface area contributed by atoms with E-state index in [0.717, 1.165) is 11.1 Å². The highest BCUT2D eigenvalue weighted by molar-refractivity contribution is 7.88. The Labute approximate surface area is 194 Å². The van der Waals surface area contributed by atoms with Gasteiger partial charge in [-0.05, 0) is 62.4 Å². The molecule has 0 spiro atoms. The van der Waals surface area contributed by atoms with Gasteiger partial charge in [0.25, 0.3) is 0 Å². The summed E-state index contributed by atoms with van der Waals surface area (Å²) in [6, 6.07) is 10.8. The van der Waals surface area contributed by atoms with Gasteiger partial charge in [-0.3, -0.25) is 4.79 Å². The standard InChI is InChI=1S/C23H28Cl2N2O3S/c1-15-6-9-21(16(2)11-15)17(3)26-23(28)18-5-4-10-27(13-18)31(29,30)14-19-7-8-20(24)12-22(19)25/h6-9,11-12,17-18H,4-5,10,13-14H2,1-3H3,(H,26,28)/t17-,18-/m1/s1. The molecule has 31 heavy (non-hydrogen) atoms. The van der Waals surface area contributed by atoms with E-state index in [4.69, 9.17) is 23.2 Å².